The van der Waals surface area contributed by atoms with Crippen LogP contribution in [-0.2, 0) is 9.59 Å². The van der Waals surface area contributed by atoms with Gasteiger partial charge in [-0.05, 0) is 32.4 Å². The van der Waals surface area contributed by atoms with Gasteiger partial charge in [0.15, 0.2) is 0 Å². The fourth-order valence-corrected chi connectivity index (χ4v) is 1.68. The molecule has 0 bridgehead atoms. The molecular formula is C13H16ClNO3. The van der Waals surface area contributed by atoms with Crippen molar-refractivity contribution in [3.8, 4) is 0 Å². The first kappa shape index (κ1) is 14.5. The molecule has 0 heterocycles. The first-order valence-corrected chi connectivity index (χ1v) is 5.93. The van der Waals surface area contributed by atoms with E-state index in [-0.39, 0.29) is 6.04 Å². The van der Waals surface area contributed by atoms with Crippen LogP contribution >= 0.6 is 11.6 Å². The number of benzene rings is 1. The van der Waals surface area contributed by atoms with Crippen molar-refractivity contribution in [1.29, 1.82) is 0 Å². The molecule has 1 aromatic carbocycles. The van der Waals surface area contributed by atoms with Gasteiger partial charge in [-0.3, -0.25) is 9.59 Å². The second-order valence-corrected chi connectivity index (χ2v) is 5.05. The zero-order chi connectivity index (χ0) is 13.9. The molecule has 0 saturated heterocycles. The average molecular weight is 270 g/mol. The number of carbonyl (C=O) groups is 2. The van der Waals surface area contributed by atoms with Crippen LogP contribution < -0.4 is 5.32 Å². The van der Waals surface area contributed by atoms with E-state index in [0.717, 1.165) is 5.56 Å². The Morgan fingerprint density at radius 2 is 1.89 bits per heavy atom. The lowest BCUT2D eigenvalue weighted by Gasteiger charge is -2.22. The quantitative estimate of drug-likeness (QED) is 0.826. The number of carboxylic acid groups (broad SMARTS) is 1. The number of carbonyl (C=O) groups excluding carboxylic acids is 1. The first-order chi connectivity index (χ1) is 8.26. The standard InChI is InChI=1S/C13H16ClNO3/c1-8(9-6-4-5-7-10(9)14)15-11(16)13(2,3)12(17)18/h4-8H,1-3H3,(H,15,16)(H,17,18). The largest absolute Gasteiger partial charge is 0.480 e. The Kier molecular flexibility index (Phi) is 4.35. The van der Waals surface area contributed by atoms with Gasteiger partial charge < -0.3 is 10.4 Å². The fourth-order valence-electron chi connectivity index (χ4n) is 1.38. The average Bonchev–Trinajstić information content (AvgIpc) is 2.28. The van der Waals surface area contributed by atoms with Crippen molar-refractivity contribution >= 4 is 23.5 Å². The molecule has 5 heteroatoms. The third kappa shape index (κ3) is 3.01. The molecular weight excluding hydrogens is 254 g/mol. The maximum Gasteiger partial charge on any atom is 0.318 e. The van der Waals surface area contributed by atoms with Crippen LogP contribution in [0.2, 0.25) is 5.02 Å². The van der Waals surface area contributed by atoms with Crippen LogP contribution in [0.15, 0.2) is 24.3 Å². The number of hydrogen-bond donors (Lipinski definition) is 2. The number of hydrogen-bond acceptors (Lipinski definition) is 2. The lowest BCUT2D eigenvalue weighted by Crippen LogP contribution is -2.43. The lowest BCUT2D eigenvalue weighted by atomic mass is 9.92. The maximum absolute atomic E-state index is 11.9. The minimum atomic E-state index is -1.46. The molecule has 1 aromatic rings. The summed E-state index contributed by atoms with van der Waals surface area (Å²) in [6.07, 6.45) is 0. The molecule has 98 valence electrons. The van der Waals surface area contributed by atoms with Gasteiger partial charge in [0.05, 0.1) is 6.04 Å². The first-order valence-electron chi connectivity index (χ1n) is 5.55. The molecule has 0 saturated carbocycles. The molecule has 18 heavy (non-hydrogen) atoms. The Morgan fingerprint density at radius 3 is 2.39 bits per heavy atom. The van der Waals surface area contributed by atoms with Gasteiger partial charge in [-0.1, -0.05) is 29.8 Å². The molecule has 1 unspecified atom stereocenters. The molecule has 1 atom stereocenters. The van der Waals surface area contributed by atoms with Crippen molar-refractivity contribution in [3.05, 3.63) is 34.9 Å². The Morgan fingerprint density at radius 1 is 1.33 bits per heavy atom. The van der Waals surface area contributed by atoms with Crippen molar-refractivity contribution in [3.63, 3.8) is 0 Å². The van der Waals surface area contributed by atoms with Crippen molar-refractivity contribution in [2.75, 3.05) is 0 Å². The summed E-state index contributed by atoms with van der Waals surface area (Å²) in [5, 5.41) is 12.2. The van der Waals surface area contributed by atoms with E-state index in [1.165, 1.54) is 13.8 Å². The summed E-state index contributed by atoms with van der Waals surface area (Å²) in [5.41, 5.74) is -0.705. The fraction of sp³-hybridized carbons (Fsp3) is 0.385. The molecule has 1 rings (SSSR count). The zero-order valence-electron chi connectivity index (χ0n) is 10.5. The van der Waals surface area contributed by atoms with Crippen LogP contribution in [0.1, 0.15) is 32.4 Å². The highest BCUT2D eigenvalue weighted by Gasteiger charge is 2.36. The lowest BCUT2D eigenvalue weighted by molar-refractivity contribution is -0.153. The monoisotopic (exact) mass is 269 g/mol. The number of amides is 1. The highest BCUT2D eigenvalue weighted by Crippen LogP contribution is 2.24. The molecule has 0 aliphatic rings. The van der Waals surface area contributed by atoms with Gasteiger partial charge in [0.25, 0.3) is 0 Å². The van der Waals surface area contributed by atoms with E-state index in [1.807, 2.05) is 6.07 Å². The third-order valence-corrected chi connectivity index (χ3v) is 3.17. The van der Waals surface area contributed by atoms with Gasteiger partial charge in [-0.25, -0.2) is 0 Å². The number of carboxylic acids is 1. The van der Waals surface area contributed by atoms with E-state index in [9.17, 15) is 9.59 Å². The smallest absolute Gasteiger partial charge is 0.318 e. The third-order valence-electron chi connectivity index (χ3n) is 2.82. The van der Waals surface area contributed by atoms with Crippen LogP contribution in [0, 0.1) is 5.41 Å². The van der Waals surface area contributed by atoms with Crippen molar-refractivity contribution in [1.82, 2.24) is 5.32 Å². The van der Waals surface area contributed by atoms with E-state index in [1.54, 1.807) is 25.1 Å². The van der Waals surface area contributed by atoms with E-state index >= 15 is 0 Å². The zero-order valence-corrected chi connectivity index (χ0v) is 11.3. The van der Waals surface area contributed by atoms with Crippen LogP contribution in [-0.4, -0.2) is 17.0 Å². The summed E-state index contributed by atoms with van der Waals surface area (Å²) < 4.78 is 0. The Labute approximate surface area is 111 Å². The van der Waals surface area contributed by atoms with E-state index in [2.05, 4.69) is 5.32 Å². The molecule has 2 N–H and O–H groups in total. The Bertz CT molecular complexity index is 471. The van der Waals surface area contributed by atoms with Crippen molar-refractivity contribution in [2.24, 2.45) is 5.41 Å². The van der Waals surface area contributed by atoms with E-state index < -0.39 is 17.3 Å². The maximum atomic E-state index is 11.9. The van der Waals surface area contributed by atoms with Crippen LogP contribution in [0.4, 0.5) is 0 Å². The van der Waals surface area contributed by atoms with Crippen molar-refractivity contribution in [2.45, 2.75) is 26.8 Å². The second-order valence-electron chi connectivity index (χ2n) is 4.65. The SMILES string of the molecule is CC(NC(=O)C(C)(C)C(=O)O)c1ccccc1Cl. The molecule has 0 radical (unpaired) electrons. The molecule has 4 nitrogen and oxygen atoms in total. The summed E-state index contributed by atoms with van der Waals surface area (Å²) in [6, 6.07) is 6.78. The van der Waals surface area contributed by atoms with Crippen LogP contribution in [0.3, 0.4) is 0 Å². The predicted molar refractivity (Wildman–Crippen MR) is 69.4 cm³/mol. The number of halogens is 1. The van der Waals surface area contributed by atoms with Gasteiger partial charge in [0.1, 0.15) is 5.41 Å². The van der Waals surface area contributed by atoms with E-state index in [4.69, 9.17) is 16.7 Å². The highest BCUT2D eigenvalue weighted by atomic mass is 35.5. The van der Waals surface area contributed by atoms with Crippen LogP contribution in [0.5, 0.6) is 0 Å². The van der Waals surface area contributed by atoms with Gasteiger partial charge in [-0.15, -0.1) is 0 Å². The summed E-state index contributed by atoms with van der Waals surface area (Å²) >= 11 is 6.01. The topological polar surface area (TPSA) is 66.4 Å². The minimum Gasteiger partial charge on any atom is -0.480 e. The van der Waals surface area contributed by atoms with E-state index in [0.29, 0.717) is 5.02 Å². The second kappa shape index (κ2) is 5.40. The van der Waals surface area contributed by atoms with Gasteiger partial charge in [0, 0.05) is 5.02 Å². The van der Waals surface area contributed by atoms with Gasteiger partial charge in [-0.2, -0.15) is 0 Å². The summed E-state index contributed by atoms with van der Waals surface area (Å²) in [6.45, 7) is 4.49. The Hall–Kier alpha value is -1.55. The molecule has 0 aromatic heterocycles. The molecule has 0 fully saturated rings. The number of rotatable bonds is 4. The normalized spacial score (nSPS) is 12.9. The highest BCUT2D eigenvalue weighted by molar-refractivity contribution is 6.31. The molecule has 0 aliphatic carbocycles. The van der Waals surface area contributed by atoms with Gasteiger partial charge in [0.2, 0.25) is 5.91 Å². The Balaban J connectivity index is 2.84. The summed E-state index contributed by atoms with van der Waals surface area (Å²) in [7, 11) is 0. The number of aliphatic carboxylic acids is 1. The molecule has 0 spiro atoms. The predicted octanol–water partition coefficient (Wildman–Crippen LogP) is 2.63. The number of nitrogens with one attached hydrogen (secondary N) is 1. The minimum absolute atomic E-state index is 0.343. The molecule has 1 amide bonds. The van der Waals surface area contributed by atoms with Crippen LogP contribution in [0.25, 0.3) is 0 Å². The summed E-state index contributed by atoms with van der Waals surface area (Å²) in [5.74, 6) is -1.70. The van der Waals surface area contributed by atoms with Crippen molar-refractivity contribution < 1.29 is 14.7 Å². The van der Waals surface area contributed by atoms with Gasteiger partial charge >= 0.3 is 5.97 Å². The summed E-state index contributed by atoms with van der Waals surface area (Å²) in [4.78, 5) is 22.8. The molecule has 0 aliphatic heterocycles.